The molecule has 12 heavy (non-hydrogen) atoms. The van der Waals surface area contributed by atoms with Crippen LogP contribution in [0.15, 0.2) is 12.3 Å². The van der Waals surface area contributed by atoms with E-state index in [0.717, 1.165) is 0 Å². The zero-order valence-corrected chi connectivity index (χ0v) is 8.53. The largest absolute Gasteiger partial charge is 0.518 e. The molecule has 0 saturated heterocycles. The maximum atomic E-state index is 5.52. The van der Waals surface area contributed by atoms with Gasteiger partial charge in [-0.15, -0.1) is 0 Å². The van der Waals surface area contributed by atoms with Crippen molar-refractivity contribution in [3.8, 4) is 6.01 Å². The van der Waals surface area contributed by atoms with Gasteiger partial charge in [0.15, 0.2) is 0 Å². The predicted octanol–water partition coefficient (Wildman–Crippen LogP) is 1.27. The van der Waals surface area contributed by atoms with Crippen LogP contribution in [0, 0.1) is 0 Å². The Hall–Kier alpha value is -1.10. The quantitative estimate of drug-likeness (QED) is 0.701. The molecule has 0 saturated carbocycles. The van der Waals surface area contributed by atoms with Gasteiger partial charge in [-0.3, -0.25) is 0 Å². The first-order valence-corrected chi connectivity index (χ1v) is 7.16. The Morgan fingerprint density at radius 2 is 2.08 bits per heavy atom. The van der Waals surface area contributed by atoms with E-state index in [9.17, 15) is 0 Å². The van der Waals surface area contributed by atoms with Crippen LogP contribution in [0.25, 0.3) is 0 Å². The summed E-state index contributed by atoms with van der Waals surface area (Å²) < 4.78 is 5.52. The van der Waals surface area contributed by atoms with Crippen molar-refractivity contribution < 1.29 is 4.43 Å². The van der Waals surface area contributed by atoms with E-state index in [1.165, 1.54) is 0 Å². The van der Waals surface area contributed by atoms with Crippen LogP contribution in [-0.4, -0.2) is 18.3 Å². The van der Waals surface area contributed by atoms with Crippen LogP contribution in [0.4, 0.5) is 5.82 Å². The van der Waals surface area contributed by atoms with E-state index in [1.54, 1.807) is 12.3 Å². The molecule has 0 aromatic carbocycles. The van der Waals surface area contributed by atoms with E-state index >= 15 is 0 Å². The molecule has 2 N–H and O–H groups in total. The Bertz CT molecular complexity index is 272. The van der Waals surface area contributed by atoms with Crippen molar-refractivity contribution >= 4 is 14.1 Å². The molecule has 1 heterocycles. The van der Waals surface area contributed by atoms with E-state index in [-0.39, 0.29) is 0 Å². The van der Waals surface area contributed by atoms with Crippen molar-refractivity contribution in [3.05, 3.63) is 12.3 Å². The van der Waals surface area contributed by atoms with Gasteiger partial charge in [0.05, 0.1) is 0 Å². The molecule has 0 bridgehead atoms. The average molecular weight is 183 g/mol. The number of nitrogens with zero attached hydrogens (tertiary/aromatic N) is 2. The van der Waals surface area contributed by atoms with Crippen molar-refractivity contribution in [1.82, 2.24) is 9.97 Å². The molecule has 0 aliphatic heterocycles. The molecule has 66 valence electrons. The van der Waals surface area contributed by atoms with Crippen LogP contribution >= 0.6 is 0 Å². The van der Waals surface area contributed by atoms with Crippen LogP contribution in [-0.2, 0) is 0 Å². The summed E-state index contributed by atoms with van der Waals surface area (Å²) >= 11 is 0. The maximum absolute atomic E-state index is 5.52. The van der Waals surface area contributed by atoms with E-state index in [2.05, 4.69) is 29.6 Å². The van der Waals surface area contributed by atoms with Crippen molar-refractivity contribution in [2.75, 3.05) is 5.73 Å². The summed E-state index contributed by atoms with van der Waals surface area (Å²) in [6.07, 6.45) is 1.60. The Balaban J connectivity index is 2.77. The normalized spacial score (nSPS) is 11.2. The lowest BCUT2D eigenvalue weighted by molar-refractivity contribution is 0.510. The second kappa shape index (κ2) is 3.10. The molecular formula is C7H13N3OSi. The highest BCUT2D eigenvalue weighted by molar-refractivity contribution is 6.70. The van der Waals surface area contributed by atoms with Crippen molar-refractivity contribution in [2.24, 2.45) is 0 Å². The van der Waals surface area contributed by atoms with Crippen LogP contribution in [0.5, 0.6) is 6.01 Å². The fraction of sp³-hybridized carbons (Fsp3) is 0.429. The lowest BCUT2D eigenvalue weighted by Crippen LogP contribution is -2.30. The molecule has 1 aromatic heterocycles. The highest BCUT2D eigenvalue weighted by Gasteiger charge is 2.17. The smallest absolute Gasteiger partial charge is 0.304 e. The predicted molar refractivity (Wildman–Crippen MR) is 50.4 cm³/mol. The SMILES string of the molecule is C[Si](C)(C)Oc1nccc(N)n1. The number of hydrogen-bond acceptors (Lipinski definition) is 4. The molecule has 0 amide bonds. The summed E-state index contributed by atoms with van der Waals surface area (Å²) in [5.74, 6) is 0.443. The van der Waals surface area contributed by atoms with Gasteiger partial charge in [-0.25, -0.2) is 4.98 Å². The average Bonchev–Trinajstić information content (AvgIpc) is 1.82. The molecule has 0 aliphatic rings. The summed E-state index contributed by atoms with van der Waals surface area (Å²) in [6, 6.07) is 2.02. The first-order valence-electron chi connectivity index (χ1n) is 3.75. The highest BCUT2D eigenvalue weighted by atomic mass is 28.4. The minimum atomic E-state index is -1.60. The zero-order chi connectivity index (χ0) is 9.19. The van der Waals surface area contributed by atoms with E-state index in [1.807, 2.05) is 0 Å². The van der Waals surface area contributed by atoms with Gasteiger partial charge < -0.3 is 10.2 Å². The van der Waals surface area contributed by atoms with Gasteiger partial charge in [0, 0.05) is 6.20 Å². The Morgan fingerprint density at radius 1 is 1.42 bits per heavy atom. The number of hydrogen-bond donors (Lipinski definition) is 1. The monoisotopic (exact) mass is 183 g/mol. The first kappa shape index (κ1) is 8.99. The minimum Gasteiger partial charge on any atom is -0.518 e. The fourth-order valence-electron chi connectivity index (χ4n) is 0.677. The summed E-state index contributed by atoms with van der Waals surface area (Å²) in [4.78, 5) is 7.88. The Labute approximate surface area is 72.9 Å². The molecular weight excluding hydrogens is 170 g/mol. The zero-order valence-electron chi connectivity index (χ0n) is 7.53. The summed E-state index contributed by atoms with van der Waals surface area (Å²) in [6.45, 7) is 6.21. The lowest BCUT2D eigenvalue weighted by atomic mass is 10.6. The Morgan fingerprint density at radius 3 is 2.58 bits per heavy atom. The third kappa shape index (κ3) is 2.87. The molecule has 0 fully saturated rings. The molecule has 1 aromatic rings. The van der Waals surface area contributed by atoms with Gasteiger partial charge in [-0.2, -0.15) is 4.98 Å². The van der Waals surface area contributed by atoms with Crippen molar-refractivity contribution in [3.63, 3.8) is 0 Å². The van der Waals surface area contributed by atoms with Crippen LogP contribution in [0.3, 0.4) is 0 Å². The molecule has 1 rings (SSSR count). The number of nitrogen functional groups attached to an aromatic ring is 1. The van der Waals surface area contributed by atoms with Gasteiger partial charge in [-0.05, 0) is 25.7 Å². The van der Waals surface area contributed by atoms with Gasteiger partial charge in [0.1, 0.15) is 5.82 Å². The topological polar surface area (TPSA) is 61.0 Å². The van der Waals surface area contributed by atoms with E-state index < -0.39 is 8.32 Å². The molecule has 0 atom stereocenters. The molecule has 0 radical (unpaired) electrons. The second-order valence-corrected chi connectivity index (χ2v) is 7.91. The third-order valence-corrected chi connectivity index (χ3v) is 1.85. The maximum Gasteiger partial charge on any atom is 0.304 e. The van der Waals surface area contributed by atoms with E-state index in [4.69, 9.17) is 10.2 Å². The van der Waals surface area contributed by atoms with Crippen LogP contribution in [0.2, 0.25) is 19.6 Å². The second-order valence-electron chi connectivity index (χ2n) is 3.48. The van der Waals surface area contributed by atoms with Gasteiger partial charge in [0.25, 0.3) is 0 Å². The van der Waals surface area contributed by atoms with Gasteiger partial charge >= 0.3 is 6.01 Å². The number of aromatic nitrogens is 2. The van der Waals surface area contributed by atoms with Crippen molar-refractivity contribution in [2.45, 2.75) is 19.6 Å². The fourth-order valence-corrected chi connectivity index (χ4v) is 1.32. The van der Waals surface area contributed by atoms with E-state index in [0.29, 0.717) is 11.8 Å². The first-order chi connectivity index (χ1) is 5.47. The van der Waals surface area contributed by atoms with Crippen LogP contribution < -0.4 is 10.2 Å². The number of rotatable bonds is 2. The third-order valence-electron chi connectivity index (χ3n) is 1.05. The minimum absolute atomic E-state index is 0.383. The van der Waals surface area contributed by atoms with Gasteiger partial charge in [-0.1, -0.05) is 0 Å². The molecule has 5 heteroatoms. The van der Waals surface area contributed by atoms with Crippen LogP contribution in [0.1, 0.15) is 0 Å². The molecule has 0 aliphatic carbocycles. The number of nitrogens with two attached hydrogens (primary N) is 1. The van der Waals surface area contributed by atoms with Gasteiger partial charge in [0.2, 0.25) is 8.32 Å². The summed E-state index contributed by atoms with van der Waals surface area (Å²) in [7, 11) is -1.60. The standard InChI is InChI=1S/C7H13N3OSi/c1-12(2,3)11-7-9-5-4-6(8)10-7/h4-5H,1-3H3,(H2,8,9,10). The Kier molecular flexibility index (Phi) is 2.32. The van der Waals surface area contributed by atoms with Crippen molar-refractivity contribution in [1.29, 1.82) is 0 Å². The molecule has 4 nitrogen and oxygen atoms in total. The highest BCUT2D eigenvalue weighted by Crippen LogP contribution is 2.10. The molecule has 0 spiro atoms. The summed E-state index contributed by atoms with van der Waals surface area (Å²) in [5.41, 5.74) is 5.46. The number of anilines is 1. The summed E-state index contributed by atoms with van der Waals surface area (Å²) in [5, 5.41) is 0. The lowest BCUT2D eigenvalue weighted by Gasteiger charge is -2.16. The molecule has 0 unspecified atom stereocenters.